The van der Waals surface area contributed by atoms with Crippen LogP contribution in [0.25, 0.3) is 0 Å². The summed E-state index contributed by atoms with van der Waals surface area (Å²) in [6, 6.07) is 0.490. The zero-order valence-corrected chi connectivity index (χ0v) is 12.2. The molecular weight excluding hydrogens is 224 g/mol. The highest BCUT2D eigenvalue weighted by molar-refractivity contribution is 5.83. The molecular formula is C15H28N2O. The minimum absolute atomic E-state index is 0.0122. The molecule has 0 spiro atoms. The summed E-state index contributed by atoms with van der Waals surface area (Å²) in [6.07, 6.45) is 8.61. The summed E-state index contributed by atoms with van der Waals surface area (Å²) >= 11 is 0. The lowest BCUT2D eigenvalue weighted by atomic mass is 9.76. The molecule has 2 fully saturated rings. The Morgan fingerprint density at radius 1 is 1.17 bits per heavy atom. The number of nitrogens with one attached hydrogen (secondary N) is 1. The lowest BCUT2D eigenvalue weighted by Crippen LogP contribution is -2.57. The van der Waals surface area contributed by atoms with E-state index in [1.54, 1.807) is 0 Å². The lowest BCUT2D eigenvalue weighted by Gasteiger charge is -2.42. The number of piperidine rings is 1. The number of rotatable bonds is 2. The Morgan fingerprint density at radius 3 is 2.44 bits per heavy atom. The highest BCUT2D eigenvalue weighted by Crippen LogP contribution is 2.32. The van der Waals surface area contributed by atoms with Crippen molar-refractivity contribution in [2.24, 2.45) is 5.41 Å². The van der Waals surface area contributed by atoms with Gasteiger partial charge >= 0.3 is 0 Å². The topological polar surface area (TPSA) is 32.3 Å². The minimum atomic E-state index is 0.0122. The van der Waals surface area contributed by atoms with Crippen molar-refractivity contribution in [3.8, 4) is 0 Å². The molecule has 2 rings (SSSR count). The second-order valence-corrected chi connectivity index (χ2v) is 6.72. The van der Waals surface area contributed by atoms with E-state index in [0.29, 0.717) is 11.9 Å². The van der Waals surface area contributed by atoms with Gasteiger partial charge in [0.2, 0.25) is 5.91 Å². The Morgan fingerprint density at radius 2 is 1.83 bits per heavy atom. The molecule has 1 aliphatic carbocycles. The lowest BCUT2D eigenvalue weighted by molar-refractivity contribution is -0.138. The largest absolute Gasteiger partial charge is 0.341 e. The van der Waals surface area contributed by atoms with Gasteiger partial charge < -0.3 is 10.2 Å². The van der Waals surface area contributed by atoms with Crippen LogP contribution >= 0.6 is 0 Å². The van der Waals surface area contributed by atoms with Crippen molar-refractivity contribution in [3.05, 3.63) is 0 Å². The van der Waals surface area contributed by atoms with Gasteiger partial charge in [-0.2, -0.15) is 0 Å². The first-order chi connectivity index (χ1) is 8.52. The van der Waals surface area contributed by atoms with E-state index in [0.717, 1.165) is 13.0 Å². The van der Waals surface area contributed by atoms with Gasteiger partial charge in [-0.25, -0.2) is 0 Å². The molecule has 1 N–H and O–H groups in total. The molecule has 1 saturated carbocycles. The predicted molar refractivity (Wildman–Crippen MR) is 74.4 cm³/mol. The van der Waals surface area contributed by atoms with Crippen LogP contribution in [0, 0.1) is 5.41 Å². The number of likely N-dealkylation sites (N-methyl/N-ethyl adjacent to an activating group) is 1. The van der Waals surface area contributed by atoms with Gasteiger partial charge in [0.05, 0.1) is 6.04 Å². The number of amides is 1. The first-order valence-corrected chi connectivity index (χ1v) is 7.52. The zero-order chi connectivity index (χ0) is 13.2. The van der Waals surface area contributed by atoms with Gasteiger partial charge in [-0.05, 0) is 37.6 Å². The predicted octanol–water partition coefficient (Wildman–Crippen LogP) is 2.56. The Labute approximate surface area is 111 Å². The van der Waals surface area contributed by atoms with Crippen molar-refractivity contribution in [1.82, 2.24) is 10.2 Å². The zero-order valence-electron chi connectivity index (χ0n) is 12.2. The molecule has 104 valence electrons. The molecule has 1 atom stereocenters. The minimum Gasteiger partial charge on any atom is -0.341 e. The van der Waals surface area contributed by atoms with Crippen molar-refractivity contribution in [2.75, 3.05) is 13.6 Å². The van der Waals surface area contributed by atoms with E-state index < -0.39 is 0 Å². The third-order valence-electron chi connectivity index (χ3n) is 4.84. The quantitative estimate of drug-likeness (QED) is 0.819. The third kappa shape index (κ3) is 2.87. The Hall–Kier alpha value is -0.570. The maximum absolute atomic E-state index is 12.7. The van der Waals surface area contributed by atoms with E-state index >= 15 is 0 Å². The molecule has 1 amide bonds. The fourth-order valence-electron chi connectivity index (χ4n) is 3.48. The van der Waals surface area contributed by atoms with Crippen molar-refractivity contribution in [1.29, 1.82) is 0 Å². The monoisotopic (exact) mass is 252 g/mol. The van der Waals surface area contributed by atoms with E-state index in [9.17, 15) is 4.79 Å². The summed E-state index contributed by atoms with van der Waals surface area (Å²) in [7, 11) is 2.00. The molecule has 3 heteroatoms. The van der Waals surface area contributed by atoms with Gasteiger partial charge in [0, 0.05) is 13.1 Å². The van der Waals surface area contributed by atoms with Crippen LogP contribution in [0.4, 0.5) is 0 Å². The Bertz CT molecular complexity index is 295. The van der Waals surface area contributed by atoms with Gasteiger partial charge in [-0.3, -0.25) is 4.79 Å². The molecule has 0 bridgehead atoms. The number of carbonyl (C=O) groups excluding carboxylic acids is 1. The molecule has 3 nitrogen and oxygen atoms in total. The summed E-state index contributed by atoms with van der Waals surface area (Å²) in [4.78, 5) is 14.7. The molecule has 0 aromatic carbocycles. The average molecular weight is 252 g/mol. The number of nitrogens with zero attached hydrogens (tertiary/aromatic N) is 1. The summed E-state index contributed by atoms with van der Waals surface area (Å²) in [5.74, 6) is 0.312. The molecule has 1 unspecified atom stereocenters. The molecule has 18 heavy (non-hydrogen) atoms. The summed E-state index contributed by atoms with van der Waals surface area (Å²) < 4.78 is 0. The molecule has 2 aliphatic rings. The van der Waals surface area contributed by atoms with Gasteiger partial charge in [0.25, 0.3) is 0 Å². The fraction of sp³-hybridized carbons (Fsp3) is 0.933. The van der Waals surface area contributed by atoms with Crippen LogP contribution in [0.1, 0.15) is 58.8 Å². The maximum atomic E-state index is 12.7. The average Bonchev–Trinajstić information content (AvgIpc) is 2.37. The van der Waals surface area contributed by atoms with Gasteiger partial charge in [-0.1, -0.05) is 33.1 Å². The SMILES string of the molecule is CN(C(=O)C1NCCCC1(C)C)C1CCCCC1. The van der Waals surface area contributed by atoms with E-state index in [1.165, 1.54) is 38.5 Å². The first-order valence-electron chi connectivity index (χ1n) is 7.52. The summed E-state index contributed by atoms with van der Waals surface area (Å²) in [6.45, 7) is 5.42. The number of hydrogen-bond acceptors (Lipinski definition) is 2. The first kappa shape index (κ1) is 13.9. The third-order valence-corrected chi connectivity index (χ3v) is 4.84. The Kier molecular flexibility index (Phi) is 4.31. The number of hydrogen-bond donors (Lipinski definition) is 1. The van der Waals surface area contributed by atoms with Crippen LogP contribution in [-0.2, 0) is 4.79 Å². The van der Waals surface area contributed by atoms with Crippen molar-refractivity contribution < 1.29 is 4.79 Å². The van der Waals surface area contributed by atoms with Crippen LogP contribution < -0.4 is 5.32 Å². The number of carbonyl (C=O) groups is 1. The van der Waals surface area contributed by atoms with Crippen molar-refractivity contribution in [2.45, 2.75) is 70.9 Å². The van der Waals surface area contributed by atoms with Crippen molar-refractivity contribution in [3.63, 3.8) is 0 Å². The standard InChI is InChI=1S/C15H28N2O/c1-15(2)10-7-11-16-13(15)14(18)17(3)12-8-5-4-6-9-12/h12-13,16H,4-11H2,1-3H3. The molecule has 1 aliphatic heterocycles. The summed E-state index contributed by atoms with van der Waals surface area (Å²) in [5, 5.41) is 3.44. The molecule has 1 heterocycles. The highest BCUT2D eigenvalue weighted by Gasteiger charge is 2.39. The summed E-state index contributed by atoms with van der Waals surface area (Å²) in [5.41, 5.74) is 0.0955. The van der Waals surface area contributed by atoms with Gasteiger partial charge in [0.15, 0.2) is 0 Å². The van der Waals surface area contributed by atoms with Gasteiger partial charge in [-0.15, -0.1) is 0 Å². The van der Waals surface area contributed by atoms with Crippen LogP contribution in [0.15, 0.2) is 0 Å². The maximum Gasteiger partial charge on any atom is 0.240 e. The smallest absolute Gasteiger partial charge is 0.240 e. The van der Waals surface area contributed by atoms with E-state index in [2.05, 4.69) is 19.2 Å². The van der Waals surface area contributed by atoms with E-state index in [1.807, 2.05) is 11.9 Å². The highest BCUT2D eigenvalue weighted by atomic mass is 16.2. The molecule has 0 aromatic rings. The van der Waals surface area contributed by atoms with Crippen LogP contribution in [0.3, 0.4) is 0 Å². The fourth-order valence-corrected chi connectivity index (χ4v) is 3.48. The second kappa shape index (κ2) is 5.60. The Balaban J connectivity index is 2.00. The van der Waals surface area contributed by atoms with Crippen LogP contribution in [-0.4, -0.2) is 36.5 Å². The molecule has 1 saturated heterocycles. The van der Waals surface area contributed by atoms with Crippen LogP contribution in [0.2, 0.25) is 0 Å². The van der Waals surface area contributed by atoms with E-state index in [-0.39, 0.29) is 11.5 Å². The van der Waals surface area contributed by atoms with E-state index in [4.69, 9.17) is 0 Å². The second-order valence-electron chi connectivity index (χ2n) is 6.72. The molecule has 0 aromatic heterocycles. The normalized spacial score (nSPS) is 28.9. The van der Waals surface area contributed by atoms with Crippen LogP contribution in [0.5, 0.6) is 0 Å². The van der Waals surface area contributed by atoms with Gasteiger partial charge in [0.1, 0.15) is 0 Å². The van der Waals surface area contributed by atoms with Crippen molar-refractivity contribution >= 4 is 5.91 Å². The molecule has 0 radical (unpaired) electrons.